The summed E-state index contributed by atoms with van der Waals surface area (Å²) in [5.41, 5.74) is -1.19. The second kappa shape index (κ2) is 6.76. The van der Waals surface area contributed by atoms with E-state index in [0.717, 1.165) is 15.7 Å². The molecule has 0 atom stereocenters. The van der Waals surface area contributed by atoms with Gasteiger partial charge in [-0.2, -0.15) is 33.6 Å². The van der Waals surface area contributed by atoms with Crippen LogP contribution in [0.2, 0.25) is 6.55 Å². The van der Waals surface area contributed by atoms with Crippen LogP contribution in [0.25, 0.3) is 0 Å². The quantitative estimate of drug-likeness (QED) is 0.624. The van der Waals surface area contributed by atoms with Crippen molar-refractivity contribution < 1.29 is 0 Å². The smallest absolute Gasteiger partial charge is 0.159 e. The van der Waals surface area contributed by atoms with Gasteiger partial charge in [-0.25, -0.2) is 0 Å². The van der Waals surface area contributed by atoms with Crippen LogP contribution >= 0.6 is 33.6 Å². The van der Waals surface area contributed by atoms with Gasteiger partial charge >= 0.3 is 0 Å². The normalized spacial score (nSPS) is 13.3. The predicted octanol–water partition coefficient (Wildman–Crippen LogP) is 4.98. The molecule has 0 saturated carbocycles. The summed E-state index contributed by atoms with van der Waals surface area (Å²) in [7, 11) is 0. The molecule has 0 aliphatic carbocycles. The Balaban J connectivity index is 4.32. The van der Waals surface area contributed by atoms with E-state index in [0.29, 0.717) is 0 Å². The summed E-state index contributed by atoms with van der Waals surface area (Å²) in [4.78, 5) is 0. The van der Waals surface area contributed by atoms with Gasteiger partial charge in [0.05, 0.1) is 0 Å². The molecule has 86 valence electrons. The summed E-state index contributed by atoms with van der Waals surface area (Å²) < 4.78 is 0. The largest absolute Gasteiger partial charge is 0.235 e. The molecule has 0 unspecified atom stereocenters. The van der Waals surface area contributed by atoms with Crippen molar-refractivity contribution in [2.75, 3.05) is 0 Å². The van der Waals surface area contributed by atoms with Gasteiger partial charge in [-0.05, 0) is 22.3 Å². The minimum absolute atomic E-state index is 0.768. The van der Waals surface area contributed by atoms with Crippen LogP contribution in [0.3, 0.4) is 0 Å². The highest BCUT2D eigenvalue weighted by atomic mass is 32.8. The Morgan fingerprint density at radius 3 is 1.00 bits per heavy atom. The highest BCUT2D eigenvalue weighted by Crippen LogP contribution is 2.46. The Kier molecular flexibility index (Phi) is 7.38. The molecule has 14 heavy (non-hydrogen) atoms. The van der Waals surface area contributed by atoms with E-state index in [1.165, 1.54) is 0 Å². The summed E-state index contributed by atoms with van der Waals surface area (Å²) in [6.07, 6.45) is 0. The van der Waals surface area contributed by atoms with E-state index in [9.17, 15) is 0 Å². The van der Waals surface area contributed by atoms with Crippen LogP contribution in [-0.4, -0.2) is 21.3 Å². The second-order valence-electron chi connectivity index (χ2n) is 4.36. The summed E-state index contributed by atoms with van der Waals surface area (Å²) in [6, 6.07) is 0. The van der Waals surface area contributed by atoms with Crippen molar-refractivity contribution in [1.29, 1.82) is 0 Å². The third-order valence-electron chi connectivity index (χ3n) is 1.35. The SMILES string of the molecule is CC(C)S[Si](C)(SC(C)C)SC(C)C. The van der Waals surface area contributed by atoms with E-state index < -0.39 is 5.52 Å². The average molecular weight is 269 g/mol. The van der Waals surface area contributed by atoms with Crippen molar-refractivity contribution >= 4 is 39.2 Å². The summed E-state index contributed by atoms with van der Waals surface area (Å²) in [5, 5.41) is 2.30. The topological polar surface area (TPSA) is 0 Å². The molecule has 0 aromatic carbocycles. The Labute approximate surface area is 103 Å². The summed E-state index contributed by atoms with van der Waals surface area (Å²) in [5.74, 6) is 0. The van der Waals surface area contributed by atoms with Gasteiger partial charge in [-0.1, -0.05) is 41.5 Å². The molecule has 4 heteroatoms. The number of rotatable bonds is 6. The first-order valence-corrected chi connectivity index (χ1v) is 12.6. The van der Waals surface area contributed by atoms with E-state index in [4.69, 9.17) is 0 Å². The van der Waals surface area contributed by atoms with Crippen molar-refractivity contribution in [3.63, 3.8) is 0 Å². The summed E-state index contributed by atoms with van der Waals surface area (Å²) in [6.45, 7) is 16.4. The molecule has 0 rings (SSSR count). The fourth-order valence-corrected chi connectivity index (χ4v) is 24.2. The fraction of sp³-hybridized carbons (Fsp3) is 1.00. The molecule has 0 bridgehead atoms. The summed E-state index contributed by atoms with van der Waals surface area (Å²) >= 11 is 6.67. The Bertz CT molecular complexity index is 131. The van der Waals surface area contributed by atoms with Crippen LogP contribution in [-0.2, 0) is 0 Å². The van der Waals surface area contributed by atoms with Crippen LogP contribution in [0.4, 0.5) is 0 Å². The lowest BCUT2D eigenvalue weighted by molar-refractivity contribution is 1.12. The van der Waals surface area contributed by atoms with Crippen LogP contribution in [0.1, 0.15) is 41.5 Å². The van der Waals surface area contributed by atoms with Gasteiger partial charge < -0.3 is 0 Å². The molecule has 0 amide bonds. The van der Waals surface area contributed by atoms with Crippen molar-refractivity contribution in [1.82, 2.24) is 0 Å². The molecule has 0 radical (unpaired) electrons. The lowest BCUT2D eigenvalue weighted by Crippen LogP contribution is -2.24. The molecule has 0 N–H and O–H groups in total. The molecule has 0 spiro atoms. The van der Waals surface area contributed by atoms with Crippen molar-refractivity contribution in [2.45, 2.75) is 63.8 Å². The maximum atomic E-state index is 2.51. The average Bonchev–Trinajstić information content (AvgIpc) is 1.76. The molecule has 0 aromatic rings. The monoisotopic (exact) mass is 268 g/mol. The van der Waals surface area contributed by atoms with Gasteiger partial charge in [0.15, 0.2) is 0 Å². The molecule has 0 aliphatic rings. The van der Waals surface area contributed by atoms with Gasteiger partial charge in [0.2, 0.25) is 5.52 Å². The van der Waals surface area contributed by atoms with E-state index in [-0.39, 0.29) is 0 Å². The van der Waals surface area contributed by atoms with E-state index in [2.05, 4.69) is 81.7 Å². The number of hydrogen-bond acceptors (Lipinski definition) is 3. The minimum atomic E-state index is -1.19. The molecule has 0 aliphatic heterocycles. The first-order valence-electron chi connectivity index (χ1n) is 5.28. The highest BCUT2D eigenvalue weighted by Gasteiger charge is 2.33. The Morgan fingerprint density at radius 1 is 0.643 bits per heavy atom. The lowest BCUT2D eigenvalue weighted by atomic mass is 10.6. The predicted molar refractivity (Wildman–Crippen MR) is 79.8 cm³/mol. The third-order valence-corrected chi connectivity index (χ3v) is 17.3. The van der Waals surface area contributed by atoms with Gasteiger partial charge in [0.25, 0.3) is 0 Å². The lowest BCUT2D eigenvalue weighted by Gasteiger charge is -2.30. The zero-order valence-corrected chi connectivity index (χ0v) is 13.9. The van der Waals surface area contributed by atoms with E-state index in [1.807, 2.05) is 0 Å². The molecule has 0 fully saturated rings. The second-order valence-corrected chi connectivity index (χ2v) is 21.4. The maximum Gasteiger partial charge on any atom is 0.235 e. The van der Waals surface area contributed by atoms with Crippen LogP contribution in [0.5, 0.6) is 0 Å². The zero-order valence-electron chi connectivity index (χ0n) is 10.5. The molecular formula is C10H24S3Si. The van der Waals surface area contributed by atoms with E-state index in [1.54, 1.807) is 0 Å². The zero-order chi connectivity index (χ0) is 11.4. The van der Waals surface area contributed by atoms with Gasteiger partial charge in [0, 0.05) is 0 Å². The minimum Gasteiger partial charge on any atom is -0.159 e. The van der Waals surface area contributed by atoms with E-state index >= 15 is 0 Å². The van der Waals surface area contributed by atoms with Gasteiger partial charge in [-0.15, -0.1) is 0 Å². The standard InChI is InChI=1S/C10H24S3Si/c1-8(2)11-14(7,12-9(3)4)13-10(5)6/h8-10H,1-7H3. The van der Waals surface area contributed by atoms with Crippen LogP contribution < -0.4 is 0 Å². The molecule has 0 nitrogen and oxygen atoms in total. The van der Waals surface area contributed by atoms with Crippen molar-refractivity contribution in [2.24, 2.45) is 0 Å². The Hall–Kier alpha value is 1.27. The first kappa shape index (κ1) is 15.3. The van der Waals surface area contributed by atoms with Crippen molar-refractivity contribution in [3.8, 4) is 0 Å². The molecule has 0 heterocycles. The maximum absolute atomic E-state index is 2.51. The highest BCUT2D eigenvalue weighted by molar-refractivity contribution is 8.81. The number of hydrogen-bond donors (Lipinski definition) is 0. The van der Waals surface area contributed by atoms with Crippen LogP contribution in [0.15, 0.2) is 0 Å². The van der Waals surface area contributed by atoms with Crippen LogP contribution in [0, 0.1) is 0 Å². The van der Waals surface area contributed by atoms with Crippen molar-refractivity contribution in [3.05, 3.63) is 0 Å². The van der Waals surface area contributed by atoms with Gasteiger partial charge in [0.1, 0.15) is 0 Å². The van der Waals surface area contributed by atoms with Gasteiger partial charge in [-0.3, -0.25) is 0 Å². The first-order chi connectivity index (χ1) is 6.25. The molecular weight excluding hydrogens is 244 g/mol. The Morgan fingerprint density at radius 2 is 0.857 bits per heavy atom. The molecule has 0 aromatic heterocycles. The molecule has 0 saturated heterocycles. The fourth-order valence-electron chi connectivity index (χ4n) is 1.37. The third kappa shape index (κ3) is 7.54.